The number of halogens is 2. The Hall–Kier alpha value is -4.90. The average molecular weight is 570 g/mol. The quantitative estimate of drug-likeness (QED) is 0.238. The van der Waals surface area contributed by atoms with E-state index < -0.39 is 5.82 Å². The van der Waals surface area contributed by atoms with E-state index in [0.29, 0.717) is 56.4 Å². The molecule has 0 fully saturated rings. The van der Waals surface area contributed by atoms with Gasteiger partial charge in [0.1, 0.15) is 28.7 Å². The minimum Gasteiger partial charge on any atom is -0.469 e. The molecule has 1 N–H and O–H groups in total. The van der Waals surface area contributed by atoms with Gasteiger partial charge in [0.25, 0.3) is 5.91 Å². The number of hydrogen-bond donors (Lipinski definition) is 2. The second-order valence-electron chi connectivity index (χ2n) is 9.62. The van der Waals surface area contributed by atoms with Crippen LogP contribution in [-0.4, -0.2) is 34.5 Å². The Bertz CT molecular complexity index is 2020. The van der Waals surface area contributed by atoms with E-state index in [1.807, 2.05) is 10.6 Å². The number of nitrogens with zero attached hydrogens (tertiary/aromatic N) is 4. The van der Waals surface area contributed by atoms with E-state index in [9.17, 15) is 13.6 Å². The van der Waals surface area contributed by atoms with Crippen molar-refractivity contribution < 1.29 is 22.7 Å². The lowest BCUT2D eigenvalue weighted by molar-refractivity contribution is 0.0964. The summed E-state index contributed by atoms with van der Waals surface area (Å²) in [5, 5.41) is 3.93. The van der Waals surface area contributed by atoms with Gasteiger partial charge < -0.3 is 23.3 Å². The number of anilines is 1. The average Bonchev–Trinajstić information content (AvgIpc) is 3.54. The van der Waals surface area contributed by atoms with Gasteiger partial charge in [0.15, 0.2) is 18.3 Å². The fourth-order valence-corrected chi connectivity index (χ4v) is 5.40. The van der Waals surface area contributed by atoms with Crippen molar-refractivity contribution in [2.75, 3.05) is 18.4 Å². The summed E-state index contributed by atoms with van der Waals surface area (Å²) >= 11 is 4.54. The van der Waals surface area contributed by atoms with E-state index in [1.54, 1.807) is 47.9 Å². The summed E-state index contributed by atoms with van der Waals surface area (Å²) < 4.78 is 43.2. The molecule has 11 heteroatoms. The van der Waals surface area contributed by atoms with E-state index in [-0.39, 0.29) is 18.5 Å². The number of nitrogens with one attached hydrogen (secondary N) is 1. The molecule has 7 rings (SSSR count). The second-order valence-corrected chi connectivity index (χ2v) is 10.2. The number of hydrogen-bond acceptors (Lipinski definition) is 7. The van der Waals surface area contributed by atoms with Crippen molar-refractivity contribution in [3.05, 3.63) is 84.1 Å². The van der Waals surface area contributed by atoms with E-state index in [0.717, 1.165) is 16.6 Å². The first kappa shape index (κ1) is 25.1. The van der Waals surface area contributed by atoms with Crippen LogP contribution in [0.2, 0.25) is 0 Å². The number of amides is 1. The number of carbonyl (C=O) groups excluding carboxylic acids is 1. The SMILES string of the molecule is CNC(=O)c1c(-c2ccc(F)cc2)oc2cc(N(C)S)c(-c3ncc4c(n3)-c3cc5cc(F)ccc5n3CO4)cc12. The largest absolute Gasteiger partial charge is 0.469 e. The van der Waals surface area contributed by atoms with Crippen LogP contribution in [0.25, 0.3) is 56.0 Å². The third kappa shape index (κ3) is 4.00. The number of benzene rings is 3. The number of furan rings is 1. The minimum atomic E-state index is -0.398. The first-order chi connectivity index (χ1) is 19.8. The zero-order valence-corrected chi connectivity index (χ0v) is 22.7. The number of rotatable bonds is 4. The van der Waals surface area contributed by atoms with E-state index in [2.05, 4.69) is 23.1 Å². The monoisotopic (exact) mass is 569 g/mol. The number of aromatic nitrogens is 3. The van der Waals surface area contributed by atoms with Gasteiger partial charge in [-0.2, -0.15) is 0 Å². The Balaban J connectivity index is 1.45. The molecule has 4 heterocycles. The molecule has 0 saturated carbocycles. The maximum Gasteiger partial charge on any atom is 0.255 e. The highest BCUT2D eigenvalue weighted by Crippen LogP contribution is 2.42. The lowest BCUT2D eigenvalue weighted by Gasteiger charge is -2.21. The van der Waals surface area contributed by atoms with E-state index in [4.69, 9.17) is 14.1 Å². The molecule has 0 bridgehead atoms. The van der Waals surface area contributed by atoms with Crippen LogP contribution in [0, 0.1) is 11.6 Å². The van der Waals surface area contributed by atoms with Gasteiger partial charge in [-0.1, -0.05) is 12.8 Å². The van der Waals surface area contributed by atoms with Crippen molar-refractivity contribution in [2.24, 2.45) is 0 Å². The van der Waals surface area contributed by atoms with Crippen molar-refractivity contribution in [3.63, 3.8) is 0 Å². The smallest absolute Gasteiger partial charge is 0.255 e. The Labute approximate surface area is 237 Å². The van der Waals surface area contributed by atoms with Gasteiger partial charge in [-0.3, -0.25) is 4.79 Å². The zero-order chi connectivity index (χ0) is 28.4. The van der Waals surface area contributed by atoms with Gasteiger partial charge in [-0.05, 0) is 54.6 Å². The maximum absolute atomic E-state index is 13.9. The fourth-order valence-electron chi connectivity index (χ4n) is 5.23. The van der Waals surface area contributed by atoms with Crippen molar-refractivity contribution >= 4 is 46.3 Å². The van der Waals surface area contributed by atoms with E-state index in [1.165, 1.54) is 31.3 Å². The predicted octanol–water partition coefficient (Wildman–Crippen LogP) is 6.45. The molecule has 3 aromatic heterocycles. The van der Waals surface area contributed by atoms with Gasteiger partial charge in [-0.15, -0.1) is 0 Å². The van der Waals surface area contributed by atoms with Gasteiger partial charge in [0.2, 0.25) is 0 Å². The molecule has 0 radical (unpaired) electrons. The molecule has 0 spiro atoms. The summed E-state index contributed by atoms with van der Waals surface area (Å²) in [6.45, 7) is 0.243. The number of carbonyl (C=O) groups is 1. The first-order valence-corrected chi connectivity index (χ1v) is 13.0. The van der Waals surface area contributed by atoms with Crippen LogP contribution in [-0.2, 0) is 6.73 Å². The van der Waals surface area contributed by atoms with Crippen LogP contribution < -0.4 is 14.4 Å². The third-order valence-corrected chi connectivity index (χ3v) is 7.38. The molecule has 6 aromatic rings. The Kier molecular flexibility index (Phi) is 5.72. The lowest BCUT2D eigenvalue weighted by atomic mass is 10.0. The van der Waals surface area contributed by atoms with Crippen LogP contribution in [0.15, 0.2) is 71.3 Å². The Morgan fingerprint density at radius 3 is 2.61 bits per heavy atom. The zero-order valence-electron chi connectivity index (χ0n) is 21.8. The summed E-state index contributed by atoms with van der Waals surface area (Å²) in [7, 11) is 3.29. The molecule has 1 aliphatic heterocycles. The molecular formula is C30H21F2N5O3S. The topological polar surface area (TPSA) is 85.4 Å². The lowest BCUT2D eigenvalue weighted by Crippen LogP contribution is -2.18. The van der Waals surface area contributed by atoms with Gasteiger partial charge in [0.05, 0.1) is 28.7 Å². The molecule has 0 aliphatic carbocycles. The van der Waals surface area contributed by atoms with Gasteiger partial charge >= 0.3 is 0 Å². The number of ether oxygens (including phenoxy) is 1. The molecule has 204 valence electrons. The van der Waals surface area contributed by atoms with Crippen molar-refractivity contribution in [3.8, 4) is 39.8 Å². The highest BCUT2D eigenvalue weighted by Gasteiger charge is 2.27. The normalized spacial score (nSPS) is 12.2. The van der Waals surface area contributed by atoms with Crippen LogP contribution in [0.4, 0.5) is 14.5 Å². The van der Waals surface area contributed by atoms with Crippen LogP contribution in [0.3, 0.4) is 0 Å². The molecule has 1 aliphatic rings. The second kappa shape index (κ2) is 9.34. The van der Waals surface area contributed by atoms with Crippen LogP contribution in [0.1, 0.15) is 10.4 Å². The van der Waals surface area contributed by atoms with Crippen LogP contribution in [0.5, 0.6) is 5.75 Å². The fraction of sp³-hybridized carbons (Fsp3) is 0.100. The van der Waals surface area contributed by atoms with Crippen molar-refractivity contribution in [1.82, 2.24) is 19.9 Å². The Morgan fingerprint density at radius 1 is 1.07 bits per heavy atom. The number of thiol groups is 1. The predicted molar refractivity (Wildman–Crippen MR) is 155 cm³/mol. The summed E-state index contributed by atoms with van der Waals surface area (Å²) in [5.74, 6) is 0.0807. The van der Waals surface area contributed by atoms with Crippen molar-refractivity contribution in [2.45, 2.75) is 6.73 Å². The molecule has 0 unspecified atom stereocenters. The van der Waals surface area contributed by atoms with E-state index >= 15 is 0 Å². The molecule has 0 saturated heterocycles. The molecule has 1 amide bonds. The summed E-state index contributed by atoms with van der Waals surface area (Å²) in [6, 6.07) is 15.8. The van der Waals surface area contributed by atoms with Crippen LogP contribution >= 0.6 is 12.8 Å². The highest BCUT2D eigenvalue weighted by atomic mass is 32.1. The molecule has 3 aromatic carbocycles. The standard InChI is InChI=1S/C30H21F2N5O3S/c1-33-30(38)26-20-11-19(22(36(2)41)12-24(20)40-28(26)15-3-5-17(31)6-4-15)29-34-13-25-27(35-29)23-10-16-9-18(32)7-8-21(16)37(23)14-39-25/h3-13,41H,14H2,1-2H3,(H,33,38). The highest BCUT2D eigenvalue weighted by molar-refractivity contribution is 7.81. The number of fused-ring (bicyclic) bond motifs is 6. The van der Waals surface area contributed by atoms with Gasteiger partial charge in [-0.25, -0.2) is 18.7 Å². The van der Waals surface area contributed by atoms with Gasteiger partial charge in [0, 0.05) is 42.1 Å². The summed E-state index contributed by atoms with van der Waals surface area (Å²) in [6.07, 6.45) is 1.60. The minimum absolute atomic E-state index is 0.243. The van der Waals surface area contributed by atoms with Crippen molar-refractivity contribution in [1.29, 1.82) is 0 Å². The summed E-state index contributed by atoms with van der Waals surface area (Å²) in [4.78, 5) is 22.6. The molecule has 8 nitrogen and oxygen atoms in total. The summed E-state index contributed by atoms with van der Waals surface area (Å²) in [5.41, 5.74) is 4.65. The molecular weight excluding hydrogens is 548 g/mol. The third-order valence-electron chi connectivity index (χ3n) is 7.17. The Morgan fingerprint density at radius 2 is 1.85 bits per heavy atom. The molecule has 41 heavy (non-hydrogen) atoms. The first-order valence-electron chi connectivity index (χ1n) is 12.6. The molecule has 0 atom stereocenters. The maximum atomic E-state index is 13.9.